The minimum Gasteiger partial charge on any atom is -0.381 e. The van der Waals surface area contributed by atoms with Gasteiger partial charge >= 0.3 is 0 Å². The number of rotatable bonds is 10. The first-order valence-corrected chi connectivity index (χ1v) is 11.5. The first-order chi connectivity index (χ1) is 12.6. The van der Waals surface area contributed by atoms with E-state index in [2.05, 4.69) is 20.5 Å². The fourth-order valence-electron chi connectivity index (χ4n) is 2.97. The van der Waals surface area contributed by atoms with E-state index in [1.807, 2.05) is 6.92 Å². The Balaban J connectivity index is 0.00000364. The summed E-state index contributed by atoms with van der Waals surface area (Å²) in [5, 5.41) is 6.55. The van der Waals surface area contributed by atoms with Gasteiger partial charge in [-0.1, -0.05) is 0 Å². The van der Waals surface area contributed by atoms with E-state index in [0.717, 1.165) is 71.4 Å². The van der Waals surface area contributed by atoms with E-state index in [-0.39, 0.29) is 35.5 Å². The predicted octanol–water partition coefficient (Wildman–Crippen LogP) is 0.333. The summed E-state index contributed by atoms with van der Waals surface area (Å²) in [4.78, 5) is 6.74. The average Bonchev–Trinajstić information content (AvgIpc) is 3.12. The van der Waals surface area contributed by atoms with Crippen molar-refractivity contribution in [1.29, 1.82) is 0 Å². The second-order valence-corrected chi connectivity index (χ2v) is 9.14. The Kier molecular flexibility index (Phi) is 12.8. The van der Waals surface area contributed by atoms with E-state index in [1.54, 1.807) is 0 Å². The van der Waals surface area contributed by atoms with Crippen molar-refractivity contribution < 1.29 is 17.9 Å². The Morgan fingerprint density at radius 1 is 1.30 bits per heavy atom. The molecule has 0 bridgehead atoms. The third-order valence-corrected chi connectivity index (χ3v) is 6.21. The molecule has 27 heavy (non-hydrogen) atoms. The van der Waals surface area contributed by atoms with E-state index in [1.165, 1.54) is 0 Å². The lowest BCUT2D eigenvalue weighted by molar-refractivity contribution is 0.0893. The molecule has 160 valence electrons. The highest BCUT2D eigenvalue weighted by atomic mass is 127. The van der Waals surface area contributed by atoms with Crippen molar-refractivity contribution in [2.75, 3.05) is 77.2 Å². The molecule has 1 atom stereocenters. The quantitative estimate of drug-likeness (QED) is 0.187. The highest BCUT2D eigenvalue weighted by molar-refractivity contribution is 14.0. The van der Waals surface area contributed by atoms with Gasteiger partial charge in [0, 0.05) is 58.4 Å². The minimum atomic E-state index is -2.81. The molecule has 0 aromatic heterocycles. The Labute approximate surface area is 180 Å². The van der Waals surface area contributed by atoms with Crippen LogP contribution in [0.15, 0.2) is 4.99 Å². The fourth-order valence-corrected chi connectivity index (χ4v) is 4.25. The van der Waals surface area contributed by atoms with Crippen molar-refractivity contribution in [2.24, 2.45) is 10.9 Å². The maximum atomic E-state index is 11.4. The Hall–Kier alpha value is -0.170. The van der Waals surface area contributed by atoms with E-state index in [4.69, 9.17) is 9.47 Å². The van der Waals surface area contributed by atoms with Crippen LogP contribution in [0.1, 0.15) is 19.8 Å². The third-order valence-electron chi connectivity index (χ3n) is 4.60. The second-order valence-electron chi connectivity index (χ2n) is 6.84. The molecule has 2 fully saturated rings. The summed E-state index contributed by atoms with van der Waals surface area (Å²) >= 11 is 0. The predicted molar refractivity (Wildman–Crippen MR) is 119 cm³/mol. The first kappa shape index (κ1) is 24.9. The number of ether oxygens (including phenoxy) is 2. The summed E-state index contributed by atoms with van der Waals surface area (Å²) in [5.41, 5.74) is 0. The van der Waals surface area contributed by atoms with Crippen LogP contribution in [-0.4, -0.2) is 96.5 Å². The van der Waals surface area contributed by atoms with Crippen LogP contribution >= 0.6 is 24.0 Å². The molecule has 2 aliphatic heterocycles. The van der Waals surface area contributed by atoms with Crippen LogP contribution in [-0.2, 0) is 19.3 Å². The molecule has 1 unspecified atom stereocenters. The largest absolute Gasteiger partial charge is 0.381 e. The second kappa shape index (κ2) is 13.9. The molecule has 0 aromatic carbocycles. The molecule has 8 nitrogen and oxygen atoms in total. The lowest BCUT2D eigenvalue weighted by Crippen LogP contribution is -2.46. The van der Waals surface area contributed by atoms with Crippen molar-refractivity contribution >= 4 is 39.8 Å². The zero-order valence-electron chi connectivity index (χ0n) is 16.3. The minimum absolute atomic E-state index is 0. The molecule has 0 aliphatic carbocycles. The van der Waals surface area contributed by atoms with Gasteiger partial charge in [0.05, 0.1) is 24.7 Å². The van der Waals surface area contributed by atoms with E-state index < -0.39 is 9.84 Å². The number of hydrogen-bond donors (Lipinski definition) is 2. The molecule has 0 aromatic rings. The van der Waals surface area contributed by atoms with Crippen molar-refractivity contribution in [3.05, 3.63) is 0 Å². The van der Waals surface area contributed by atoms with Crippen LogP contribution in [0, 0.1) is 5.92 Å². The molecule has 2 saturated heterocycles. The molecule has 10 heteroatoms. The normalized spacial score (nSPS) is 23.0. The number of guanidine groups is 1. The molecular weight excluding hydrogens is 483 g/mol. The molecule has 0 amide bonds. The zero-order chi connectivity index (χ0) is 18.7. The summed E-state index contributed by atoms with van der Waals surface area (Å²) in [5.74, 6) is 1.91. The van der Waals surface area contributed by atoms with Gasteiger partial charge in [0.1, 0.15) is 0 Å². The Bertz CT molecular complexity index is 513. The third kappa shape index (κ3) is 10.8. The number of halogens is 1. The van der Waals surface area contributed by atoms with Gasteiger partial charge in [0.25, 0.3) is 0 Å². The van der Waals surface area contributed by atoms with Gasteiger partial charge in [-0.25, -0.2) is 8.42 Å². The zero-order valence-corrected chi connectivity index (χ0v) is 19.5. The maximum absolute atomic E-state index is 11.4. The van der Waals surface area contributed by atoms with Gasteiger partial charge in [-0.05, 0) is 19.8 Å². The van der Waals surface area contributed by atoms with Crippen LogP contribution in [0.3, 0.4) is 0 Å². The highest BCUT2D eigenvalue weighted by Gasteiger charge is 2.20. The number of nitrogens with zero attached hydrogens (tertiary/aromatic N) is 2. The van der Waals surface area contributed by atoms with Crippen LogP contribution in [0.2, 0.25) is 0 Å². The van der Waals surface area contributed by atoms with E-state index in [9.17, 15) is 8.42 Å². The summed E-state index contributed by atoms with van der Waals surface area (Å²) in [6.07, 6.45) is 2.00. The molecule has 0 saturated carbocycles. The topological polar surface area (TPSA) is 92.3 Å². The van der Waals surface area contributed by atoms with Gasteiger partial charge in [0.15, 0.2) is 15.8 Å². The van der Waals surface area contributed by atoms with Gasteiger partial charge in [0.2, 0.25) is 0 Å². The summed E-state index contributed by atoms with van der Waals surface area (Å²) < 4.78 is 33.9. The van der Waals surface area contributed by atoms with Crippen LogP contribution in [0.25, 0.3) is 0 Å². The Morgan fingerprint density at radius 2 is 2.07 bits per heavy atom. The Morgan fingerprint density at radius 3 is 2.74 bits per heavy atom. The van der Waals surface area contributed by atoms with Gasteiger partial charge < -0.3 is 20.1 Å². The molecule has 2 rings (SSSR count). The molecule has 2 aliphatic rings. The molecule has 0 radical (unpaired) electrons. The molecule has 2 heterocycles. The van der Waals surface area contributed by atoms with Crippen molar-refractivity contribution in [2.45, 2.75) is 19.8 Å². The van der Waals surface area contributed by atoms with E-state index in [0.29, 0.717) is 19.0 Å². The average molecular weight is 518 g/mol. The fraction of sp³-hybridized carbons (Fsp3) is 0.941. The van der Waals surface area contributed by atoms with E-state index >= 15 is 0 Å². The number of aliphatic imine (C=N–C) groups is 1. The van der Waals surface area contributed by atoms with Crippen LogP contribution < -0.4 is 10.6 Å². The smallest absolute Gasteiger partial charge is 0.191 e. The lowest BCUT2D eigenvalue weighted by atomic mass is 10.1. The maximum Gasteiger partial charge on any atom is 0.191 e. The van der Waals surface area contributed by atoms with Crippen molar-refractivity contribution in [3.8, 4) is 0 Å². The van der Waals surface area contributed by atoms with Crippen LogP contribution in [0.5, 0.6) is 0 Å². The monoisotopic (exact) mass is 518 g/mol. The summed E-state index contributed by atoms with van der Waals surface area (Å²) in [6.45, 7) is 9.61. The summed E-state index contributed by atoms with van der Waals surface area (Å²) in [7, 11) is -2.81. The van der Waals surface area contributed by atoms with Gasteiger partial charge in [-0.3, -0.25) is 9.89 Å². The van der Waals surface area contributed by atoms with Crippen molar-refractivity contribution in [1.82, 2.24) is 15.5 Å². The van der Waals surface area contributed by atoms with Crippen molar-refractivity contribution in [3.63, 3.8) is 0 Å². The number of sulfone groups is 1. The molecule has 2 N–H and O–H groups in total. The standard InChI is InChI=1S/C17H34N4O4S.HI/c1-2-18-17(19-5-3-10-24-14-16-4-11-25-15-16)20-6-7-21-8-12-26(22,23)13-9-21;/h16H,2-15H2,1H3,(H2,18,19,20);1H. The SMILES string of the molecule is CCNC(=NCCCOCC1CCOC1)NCCN1CCS(=O)(=O)CC1.I. The molecule has 0 spiro atoms. The highest BCUT2D eigenvalue weighted by Crippen LogP contribution is 2.12. The van der Waals surface area contributed by atoms with Gasteiger partial charge in [-0.15, -0.1) is 24.0 Å². The number of nitrogens with one attached hydrogen (secondary N) is 2. The molecular formula is C17H35IN4O4S. The van der Waals surface area contributed by atoms with Gasteiger partial charge in [-0.2, -0.15) is 0 Å². The first-order valence-electron chi connectivity index (χ1n) is 9.69. The van der Waals surface area contributed by atoms with Crippen LogP contribution in [0.4, 0.5) is 0 Å². The number of hydrogen-bond acceptors (Lipinski definition) is 6. The lowest BCUT2D eigenvalue weighted by Gasteiger charge is -2.26. The summed E-state index contributed by atoms with van der Waals surface area (Å²) in [6, 6.07) is 0.